The lowest BCUT2D eigenvalue weighted by Crippen LogP contribution is -2.70. The topological polar surface area (TPSA) is 539 Å². The van der Waals surface area contributed by atoms with Crippen molar-refractivity contribution >= 4 is 53.4 Å². The molecular formula is C28H48N2O33S4. The van der Waals surface area contributed by atoms with E-state index in [1.54, 1.807) is 0 Å². The van der Waals surface area contributed by atoms with Crippen LogP contribution in [0.25, 0.3) is 0 Å². The van der Waals surface area contributed by atoms with E-state index in [1.807, 2.05) is 0 Å². The summed E-state index contributed by atoms with van der Waals surface area (Å²) in [6.45, 7) is -3.56. The molecule has 4 aliphatic heterocycles. The third kappa shape index (κ3) is 16.4. The molecule has 14 N–H and O–H groups in total. The van der Waals surface area contributed by atoms with Crippen LogP contribution in [0.1, 0.15) is 13.8 Å². The summed E-state index contributed by atoms with van der Waals surface area (Å²) < 4.78 is 184. The SMILES string of the molecule is CC(=O)N[C@@H]1[C@@H](O)[C@H](O[C@@H]2O[C@H](COS(=O)(=O)O)[C@H](O)[C@H](O[C@@H]3O[C@H](COS(=O)(=O)O)[C@@H](O[C@@H]4O[C@H](COS(=O)(=O)O)[C@H](O)[C@H](O)[C@H]4O)[C@H](O)[C@H]3NC(C)=O)[C@H]2O)[C@@H](COS(=O)(=O)O)O[C@H]1O. The van der Waals surface area contributed by atoms with Crippen LogP contribution in [0.5, 0.6) is 0 Å². The molecule has 0 saturated carbocycles. The van der Waals surface area contributed by atoms with Gasteiger partial charge in [0.15, 0.2) is 25.2 Å². The smallest absolute Gasteiger partial charge is 0.388 e. The molecule has 67 heavy (non-hydrogen) atoms. The van der Waals surface area contributed by atoms with Crippen LogP contribution in [0.2, 0.25) is 0 Å². The highest BCUT2D eigenvalue weighted by Crippen LogP contribution is 2.35. The number of hydrogen-bond acceptors (Lipinski definition) is 29. The van der Waals surface area contributed by atoms with Crippen molar-refractivity contribution in [2.75, 3.05) is 26.4 Å². The molecule has 0 aromatic carbocycles. The fraction of sp³-hybridized carbons (Fsp3) is 0.929. The molecule has 392 valence electrons. The number of carbonyl (C=O) groups is 2. The number of ether oxygens (including phenoxy) is 7. The van der Waals surface area contributed by atoms with Gasteiger partial charge in [-0.2, -0.15) is 33.7 Å². The maximum atomic E-state index is 12.5. The molecule has 4 heterocycles. The first-order valence-electron chi connectivity index (χ1n) is 18.7. The van der Waals surface area contributed by atoms with Crippen LogP contribution in [0, 0.1) is 0 Å². The van der Waals surface area contributed by atoms with Gasteiger partial charge in [-0.15, -0.1) is 0 Å². The Morgan fingerprint density at radius 2 is 0.761 bits per heavy atom. The molecule has 4 fully saturated rings. The third-order valence-corrected chi connectivity index (χ3v) is 11.6. The van der Waals surface area contributed by atoms with Gasteiger partial charge in [0.25, 0.3) is 0 Å². The third-order valence-electron chi connectivity index (χ3n) is 9.81. The van der Waals surface area contributed by atoms with Crippen LogP contribution in [0.15, 0.2) is 0 Å². The number of rotatable bonds is 20. The summed E-state index contributed by atoms with van der Waals surface area (Å²) in [5, 5.41) is 92.0. The lowest BCUT2D eigenvalue weighted by Gasteiger charge is -2.50. The van der Waals surface area contributed by atoms with Crippen molar-refractivity contribution in [3.8, 4) is 0 Å². The zero-order valence-corrected chi connectivity index (χ0v) is 37.2. The van der Waals surface area contributed by atoms with Crippen LogP contribution in [-0.2, 0) is 101 Å². The van der Waals surface area contributed by atoms with E-state index in [2.05, 4.69) is 27.4 Å². The summed E-state index contributed by atoms with van der Waals surface area (Å²) in [5.74, 6) is -1.94. The van der Waals surface area contributed by atoms with Gasteiger partial charge < -0.3 is 84.6 Å². The number of aliphatic hydroxyl groups excluding tert-OH is 8. The van der Waals surface area contributed by atoms with Crippen LogP contribution in [0.3, 0.4) is 0 Å². The molecule has 4 saturated heterocycles. The quantitative estimate of drug-likeness (QED) is 0.0504. The predicted octanol–water partition coefficient (Wildman–Crippen LogP) is -10.2. The van der Waals surface area contributed by atoms with E-state index in [1.165, 1.54) is 0 Å². The number of carbonyl (C=O) groups excluding carboxylic acids is 2. The van der Waals surface area contributed by atoms with Gasteiger partial charge in [0.1, 0.15) is 97.5 Å². The lowest BCUT2D eigenvalue weighted by molar-refractivity contribution is -0.376. The van der Waals surface area contributed by atoms with Gasteiger partial charge >= 0.3 is 41.6 Å². The molecule has 2 amide bonds. The number of nitrogens with one attached hydrogen (secondary N) is 2. The molecule has 0 radical (unpaired) electrons. The summed E-state index contributed by atoms with van der Waals surface area (Å²) in [6, 6.07) is -3.90. The second-order valence-electron chi connectivity index (χ2n) is 14.7. The average Bonchev–Trinajstić information content (AvgIpc) is 3.18. The first-order chi connectivity index (χ1) is 30.7. The van der Waals surface area contributed by atoms with E-state index in [0.29, 0.717) is 0 Å². The lowest BCUT2D eigenvalue weighted by atomic mass is 9.94. The van der Waals surface area contributed by atoms with E-state index >= 15 is 0 Å². The standard InChI is InChI=1S/C28H48N2O33S4/c1-7(31)29-13-17(35)22(11(57-25(13)40)5-55-66(47,48)49)62-28-21(39)24(16(34)10(59-28)4-54-65(44,45)46)63-26-14(30-8(2)32)18(36)23(12(60-26)6-56-67(50,51)52)61-27-20(38)19(37)15(33)9(58-27)3-53-64(41,42)43/h9-28,33-40H,3-6H2,1-2H3,(H,29,31)(H,30,32)(H,41,42,43)(H,44,45,46)(H,47,48,49)(H,50,51,52)/t9-,10-,11-,12-,13-,14-,15+,16+,17-,18-,19+,20-,21-,22-,23-,24+,25-,26+,27+,28+/m1/s1. The minimum Gasteiger partial charge on any atom is -0.388 e. The van der Waals surface area contributed by atoms with Gasteiger partial charge in [-0.05, 0) is 0 Å². The number of amides is 2. The van der Waals surface area contributed by atoms with Gasteiger partial charge in [-0.3, -0.25) is 27.8 Å². The van der Waals surface area contributed by atoms with Crippen molar-refractivity contribution in [3.05, 3.63) is 0 Å². The van der Waals surface area contributed by atoms with Crippen molar-refractivity contribution in [2.45, 2.75) is 137 Å². The predicted molar refractivity (Wildman–Crippen MR) is 199 cm³/mol. The van der Waals surface area contributed by atoms with E-state index in [4.69, 9.17) is 42.3 Å². The molecule has 0 unspecified atom stereocenters. The molecular weight excluding hydrogens is 1020 g/mol. The van der Waals surface area contributed by atoms with Gasteiger partial charge in [0.05, 0.1) is 26.4 Å². The summed E-state index contributed by atoms with van der Waals surface area (Å²) >= 11 is 0. The highest BCUT2D eigenvalue weighted by molar-refractivity contribution is 7.81. The summed E-state index contributed by atoms with van der Waals surface area (Å²) in [4.78, 5) is 24.4. The fourth-order valence-electron chi connectivity index (χ4n) is 6.91. The Hall–Kier alpha value is -2.18. The van der Waals surface area contributed by atoms with Gasteiger partial charge in [0, 0.05) is 13.8 Å². The van der Waals surface area contributed by atoms with Crippen molar-refractivity contribution in [1.29, 1.82) is 0 Å². The summed E-state index contributed by atoms with van der Waals surface area (Å²) in [6.07, 6.45) is -40.4. The van der Waals surface area contributed by atoms with E-state index in [9.17, 15) is 93.2 Å². The van der Waals surface area contributed by atoms with Gasteiger partial charge in [-0.1, -0.05) is 0 Å². The Bertz CT molecular complexity index is 2130. The Morgan fingerprint density at radius 1 is 0.418 bits per heavy atom. The van der Waals surface area contributed by atoms with Crippen molar-refractivity contribution in [3.63, 3.8) is 0 Å². The van der Waals surface area contributed by atoms with Crippen molar-refractivity contribution in [2.24, 2.45) is 0 Å². The number of aliphatic hydroxyl groups is 8. The highest BCUT2D eigenvalue weighted by Gasteiger charge is 2.56. The van der Waals surface area contributed by atoms with E-state index in [-0.39, 0.29) is 0 Å². The van der Waals surface area contributed by atoms with Crippen LogP contribution in [0.4, 0.5) is 0 Å². The molecule has 0 spiro atoms. The molecule has 39 heteroatoms. The first-order valence-corrected chi connectivity index (χ1v) is 24.2. The second-order valence-corrected chi connectivity index (χ2v) is 19.1. The fourth-order valence-corrected chi connectivity index (χ4v) is 8.14. The molecule has 20 atom stereocenters. The van der Waals surface area contributed by atoms with Crippen LogP contribution < -0.4 is 10.6 Å². The molecule has 0 aliphatic carbocycles. The minimum absolute atomic E-state index is 0.842. The minimum atomic E-state index is -5.43. The molecule has 4 rings (SSSR count). The molecule has 35 nitrogen and oxygen atoms in total. The second kappa shape index (κ2) is 22.9. The van der Waals surface area contributed by atoms with Gasteiger partial charge in [-0.25, -0.2) is 16.7 Å². The Morgan fingerprint density at radius 3 is 1.19 bits per heavy atom. The Balaban J connectivity index is 1.73. The Labute approximate surface area is 378 Å². The molecule has 4 aliphatic rings. The summed E-state index contributed by atoms with van der Waals surface area (Å²) in [5.41, 5.74) is 0. The Kier molecular flexibility index (Phi) is 19.6. The van der Waals surface area contributed by atoms with Crippen LogP contribution in [-0.4, -0.2) is 254 Å². The molecule has 0 aromatic rings. The maximum Gasteiger partial charge on any atom is 0.397 e. The van der Waals surface area contributed by atoms with E-state index < -0.39 is 203 Å². The number of hydrogen-bond donors (Lipinski definition) is 14. The first kappa shape index (κ1) is 57.4. The van der Waals surface area contributed by atoms with Crippen LogP contribution >= 0.6 is 0 Å². The zero-order chi connectivity index (χ0) is 50.7. The summed E-state index contributed by atoms with van der Waals surface area (Å²) in [7, 11) is -21.3. The normalized spacial score (nSPS) is 40.2. The molecule has 0 aromatic heterocycles. The average molecular weight is 1070 g/mol. The largest absolute Gasteiger partial charge is 0.397 e. The molecule has 0 bridgehead atoms. The van der Waals surface area contributed by atoms with Crippen molar-refractivity contribution < 1.29 is 152 Å². The zero-order valence-electron chi connectivity index (χ0n) is 33.9. The van der Waals surface area contributed by atoms with Crippen molar-refractivity contribution in [1.82, 2.24) is 10.6 Å². The maximum absolute atomic E-state index is 12.5. The monoisotopic (exact) mass is 1070 g/mol. The van der Waals surface area contributed by atoms with Gasteiger partial charge in [0.2, 0.25) is 11.8 Å². The highest BCUT2D eigenvalue weighted by atomic mass is 32.3. The van der Waals surface area contributed by atoms with E-state index in [0.717, 1.165) is 13.8 Å².